The van der Waals surface area contributed by atoms with Crippen LogP contribution in [-0.4, -0.2) is 40.3 Å². The number of alkyl halides is 3. The van der Waals surface area contributed by atoms with E-state index in [1.54, 1.807) is 4.90 Å². The first-order valence-electron chi connectivity index (χ1n) is 7.56. The van der Waals surface area contributed by atoms with Crippen molar-refractivity contribution in [1.82, 2.24) is 10.2 Å². The molecule has 0 radical (unpaired) electrons. The summed E-state index contributed by atoms with van der Waals surface area (Å²) in [5.74, 6) is 0.225. The van der Waals surface area contributed by atoms with Crippen LogP contribution < -0.4 is 5.32 Å². The number of carbonyl (C=O) groups is 1. The summed E-state index contributed by atoms with van der Waals surface area (Å²) in [4.78, 5) is 14.2. The van der Waals surface area contributed by atoms with Crippen molar-refractivity contribution in [2.75, 3.05) is 12.3 Å². The Morgan fingerprint density at radius 2 is 2.00 bits per heavy atom. The number of nitrogens with one attached hydrogen (secondary N) is 1. The fraction of sp³-hybridized carbons (Fsp3) is 0.929. The average Bonchev–Trinajstić information content (AvgIpc) is 3.00. The quantitative estimate of drug-likeness (QED) is 0.842. The second-order valence-electron chi connectivity index (χ2n) is 6.11. The van der Waals surface area contributed by atoms with Gasteiger partial charge in [-0.05, 0) is 43.9 Å². The highest BCUT2D eigenvalue weighted by Gasteiger charge is 2.49. The van der Waals surface area contributed by atoms with E-state index in [0.717, 1.165) is 25.7 Å². The summed E-state index contributed by atoms with van der Waals surface area (Å²) in [6.07, 6.45) is 4.94. The van der Waals surface area contributed by atoms with Gasteiger partial charge in [0.1, 0.15) is 0 Å². The van der Waals surface area contributed by atoms with Gasteiger partial charge in [0.15, 0.2) is 0 Å². The Kier molecular flexibility index (Phi) is 5.13. The SMILES string of the molecule is CCC1(C)NC(C2CCCC2)N(CCSC(F)(F)F)C1=O. The van der Waals surface area contributed by atoms with Crippen molar-refractivity contribution in [3.63, 3.8) is 0 Å². The van der Waals surface area contributed by atoms with E-state index >= 15 is 0 Å². The predicted molar refractivity (Wildman–Crippen MR) is 77.8 cm³/mol. The third kappa shape index (κ3) is 3.86. The summed E-state index contributed by atoms with van der Waals surface area (Å²) in [6.45, 7) is 3.95. The third-order valence-corrected chi connectivity index (χ3v) is 5.40. The first-order chi connectivity index (χ1) is 9.77. The Morgan fingerprint density at radius 3 is 2.52 bits per heavy atom. The van der Waals surface area contributed by atoms with E-state index in [4.69, 9.17) is 0 Å². The number of carbonyl (C=O) groups excluding carboxylic acids is 1. The van der Waals surface area contributed by atoms with Crippen LogP contribution in [0.1, 0.15) is 46.0 Å². The van der Waals surface area contributed by atoms with E-state index in [1.807, 2.05) is 13.8 Å². The molecule has 7 heteroatoms. The van der Waals surface area contributed by atoms with Crippen molar-refractivity contribution in [1.29, 1.82) is 0 Å². The fourth-order valence-corrected chi connectivity index (χ4v) is 3.83. The monoisotopic (exact) mass is 324 g/mol. The minimum Gasteiger partial charge on any atom is -0.324 e. The van der Waals surface area contributed by atoms with Crippen molar-refractivity contribution in [3.8, 4) is 0 Å². The lowest BCUT2D eigenvalue weighted by Crippen LogP contribution is -2.45. The first-order valence-corrected chi connectivity index (χ1v) is 8.55. The molecule has 1 N–H and O–H groups in total. The van der Waals surface area contributed by atoms with Crippen LogP contribution in [-0.2, 0) is 4.79 Å². The number of amides is 1. The van der Waals surface area contributed by atoms with Crippen LogP contribution in [0.4, 0.5) is 13.2 Å². The molecule has 1 aliphatic carbocycles. The van der Waals surface area contributed by atoms with Crippen LogP contribution in [0, 0.1) is 5.92 Å². The maximum atomic E-state index is 12.6. The fourth-order valence-electron chi connectivity index (χ4n) is 3.31. The molecule has 2 atom stereocenters. The van der Waals surface area contributed by atoms with Crippen molar-refractivity contribution in [3.05, 3.63) is 0 Å². The van der Waals surface area contributed by atoms with Crippen LogP contribution in [0.5, 0.6) is 0 Å². The van der Waals surface area contributed by atoms with Crippen LogP contribution in [0.25, 0.3) is 0 Å². The third-order valence-electron chi connectivity index (χ3n) is 4.69. The van der Waals surface area contributed by atoms with Crippen LogP contribution in [0.2, 0.25) is 0 Å². The summed E-state index contributed by atoms with van der Waals surface area (Å²) in [5, 5.41) is 3.39. The average molecular weight is 324 g/mol. The molecule has 3 nitrogen and oxygen atoms in total. The summed E-state index contributed by atoms with van der Waals surface area (Å²) >= 11 is -0.0469. The van der Waals surface area contributed by atoms with Gasteiger partial charge in [-0.1, -0.05) is 19.8 Å². The molecule has 1 saturated heterocycles. The largest absolute Gasteiger partial charge is 0.441 e. The van der Waals surface area contributed by atoms with Gasteiger partial charge in [0, 0.05) is 12.3 Å². The van der Waals surface area contributed by atoms with E-state index in [-0.39, 0.29) is 36.1 Å². The highest BCUT2D eigenvalue weighted by atomic mass is 32.2. The molecule has 1 aliphatic heterocycles. The van der Waals surface area contributed by atoms with Gasteiger partial charge in [0.2, 0.25) is 5.91 Å². The van der Waals surface area contributed by atoms with Gasteiger partial charge in [-0.2, -0.15) is 13.2 Å². The molecule has 21 heavy (non-hydrogen) atoms. The van der Waals surface area contributed by atoms with Crippen molar-refractivity contribution < 1.29 is 18.0 Å². The van der Waals surface area contributed by atoms with Gasteiger partial charge < -0.3 is 4.90 Å². The van der Waals surface area contributed by atoms with Gasteiger partial charge in [-0.15, -0.1) is 0 Å². The lowest BCUT2D eigenvalue weighted by Gasteiger charge is -2.29. The lowest BCUT2D eigenvalue weighted by molar-refractivity contribution is -0.133. The molecule has 2 fully saturated rings. The van der Waals surface area contributed by atoms with E-state index in [2.05, 4.69) is 5.32 Å². The Bertz CT molecular complexity index is 385. The van der Waals surface area contributed by atoms with Crippen LogP contribution >= 0.6 is 11.8 Å². The molecule has 0 spiro atoms. The molecule has 1 saturated carbocycles. The molecule has 0 bridgehead atoms. The summed E-state index contributed by atoms with van der Waals surface area (Å²) in [7, 11) is 0. The predicted octanol–water partition coefficient (Wildman–Crippen LogP) is 3.36. The molecule has 0 aromatic carbocycles. The minimum atomic E-state index is -4.23. The molecule has 2 aliphatic rings. The number of hydrogen-bond donors (Lipinski definition) is 1. The molecule has 0 aromatic heterocycles. The van der Waals surface area contributed by atoms with Crippen LogP contribution in [0.3, 0.4) is 0 Å². The second kappa shape index (κ2) is 6.36. The number of halogens is 3. The number of hydrogen-bond acceptors (Lipinski definition) is 3. The molecule has 2 unspecified atom stereocenters. The van der Waals surface area contributed by atoms with Crippen molar-refractivity contribution >= 4 is 17.7 Å². The zero-order valence-corrected chi connectivity index (χ0v) is 13.3. The lowest BCUT2D eigenvalue weighted by atomic mass is 9.99. The molecular weight excluding hydrogens is 301 g/mol. The van der Waals surface area contributed by atoms with Gasteiger partial charge in [0.05, 0.1) is 11.7 Å². The molecule has 1 heterocycles. The first kappa shape index (κ1) is 16.9. The topological polar surface area (TPSA) is 32.3 Å². The summed E-state index contributed by atoms with van der Waals surface area (Å²) < 4.78 is 36.9. The zero-order chi connectivity index (χ0) is 15.7. The molecule has 122 valence electrons. The Morgan fingerprint density at radius 1 is 1.38 bits per heavy atom. The van der Waals surface area contributed by atoms with E-state index < -0.39 is 11.0 Å². The Labute approximate surface area is 128 Å². The zero-order valence-electron chi connectivity index (χ0n) is 12.5. The van der Waals surface area contributed by atoms with Gasteiger partial charge in [0.25, 0.3) is 0 Å². The van der Waals surface area contributed by atoms with Crippen LogP contribution in [0.15, 0.2) is 0 Å². The van der Waals surface area contributed by atoms with Crippen molar-refractivity contribution in [2.24, 2.45) is 5.92 Å². The number of nitrogens with zero attached hydrogens (tertiary/aromatic N) is 1. The van der Waals surface area contributed by atoms with Gasteiger partial charge in [-0.25, -0.2) is 0 Å². The Balaban J connectivity index is 2.04. The highest BCUT2D eigenvalue weighted by molar-refractivity contribution is 8.00. The molecule has 2 rings (SSSR count). The van der Waals surface area contributed by atoms with E-state index in [9.17, 15) is 18.0 Å². The van der Waals surface area contributed by atoms with Crippen molar-refractivity contribution in [2.45, 2.75) is 63.2 Å². The smallest absolute Gasteiger partial charge is 0.324 e. The maximum Gasteiger partial charge on any atom is 0.441 e. The summed E-state index contributed by atoms with van der Waals surface area (Å²) in [5.41, 5.74) is -4.86. The minimum absolute atomic E-state index is 0.0469. The Hall–Kier alpha value is -0.430. The number of rotatable bonds is 5. The molecular formula is C14H23F3N2OS. The second-order valence-corrected chi connectivity index (χ2v) is 7.27. The molecule has 1 amide bonds. The number of thioether (sulfide) groups is 1. The standard InChI is InChI=1S/C14H23F3N2OS/c1-3-13(2)12(20)19(8-9-21-14(15,16)17)11(18-13)10-6-4-5-7-10/h10-11,18H,3-9H2,1-2H3. The summed E-state index contributed by atoms with van der Waals surface area (Å²) in [6, 6.07) is 0. The van der Waals surface area contributed by atoms with Gasteiger partial charge >= 0.3 is 5.51 Å². The van der Waals surface area contributed by atoms with E-state index in [1.165, 1.54) is 0 Å². The van der Waals surface area contributed by atoms with E-state index in [0.29, 0.717) is 12.3 Å². The van der Waals surface area contributed by atoms with Gasteiger partial charge in [-0.3, -0.25) is 10.1 Å². The normalized spacial score (nSPS) is 31.4. The highest BCUT2D eigenvalue weighted by Crippen LogP contribution is 2.36. The maximum absolute atomic E-state index is 12.6. The molecule has 0 aromatic rings.